The summed E-state index contributed by atoms with van der Waals surface area (Å²) in [4.78, 5) is 4.56. The molecule has 98 valence electrons. The number of aromatic nitrogens is 2. The minimum Gasteiger partial charge on any atom is -0.324 e. The van der Waals surface area contributed by atoms with Crippen LogP contribution in [0.2, 0.25) is 5.02 Å². The molecule has 1 heterocycles. The molecule has 2 aromatic rings. The highest BCUT2D eigenvalue weighted by Gasteiger charge is 2.26. The van der Waals surface area contributed by atoms with Crippen molar-refractivity contribution >= 4 is 34.2 Å². The van der Waals surface area contributed by atoms with Crippen LogP contribution >= 0.6 is 23.2 Å². The van der Waals surface area contributed by atoms with Gasteiger partial charge in [-0.1, -0.05) is 38.4 Å². The molecule has 18 heavy (non-hydrogen) atoms. The van der Waals surface area contributed by atoms with Gasteiger partial charge in [0.15, 0.2) is 0 Å². The number of alkyl halides is 1. The van der Waals surface area contributed by atoms with Crippen molar-refractivity contribution in [1.82, 2.24) is 9.55 Å². The van der Waals surface area contributed by atoms with E-state index in [1.54, 1.807) is 0 Å². The van der Waals surface area contributed by atoms with E-state index in [1.807, 2.05) is 18.2 Å². The summed E-state index contributed by atoms with van der Waals surface area (Å²) < 4.78 is 2.20. The monoisotopic (exact) mass is 284 g/mol. The molecule has 0 N–H and O–H groups in total. The van der Waals surface area contributed by atoms with Gasteiger partial charge in [0.25, 0.3) is 0 Å². The van der Waals surface area contributed by atoms with E-state index in [1.165, 1.54) is 0 Å². The first-order valence-corrected chi connectivity index (χ1v) is 6.98. The van der Waals surface area contributed by atoms with Crippen LogP contribution in [0.3, 0.4) is 0 Å². The van der Waals surface area contributed by atoms with E-state index in [4.69, 9.17) is 23.2 Å². The van der Waals surface area contributed by atoms with Gasteiger partial charge in [0.1, 0.15) is 11.3 Å². The molecule has 0 aliphatic carbocycles. The van der Waals surface area contributed by atoms with Gasteiger partial charge in [0.2, 0.25) is 0 Å². The number of fused-ring (bicyclic) bond motifs is 1. The van der Waals surface area contributed by atoms with Crippen LogP contribution in [0.5, 0.6) is 0 Å². The quantitative estimate of drug-likeness (QED) is 0.707. The Labute approximate surface area is 118 Å². The molecule has 2 nitrogen and oxygen atoms in total. The number of hydrogen-bond acceptors (Lipinski definition) is 1. The zero-order valence-corrected chi connectivity index (χ0v) is 12.7. The topological polar surface area (TPSA) is 17.8 Å². The van der Waals surface area contributed by atoms with E-state index in [-0.39, 0.29) is 5.41 Å². The van der Waals surface area contributed by atoms with Gasteiger partial charge < -0.3 is 4.57 Å². The average molecular weight is 285 g/mol. The van der Waals surface area contributed by atoms with E-state index in [0.717, 1.165) is 16.9 Å². The van der Waals surface area contributed by atoms with Gasteiger partial charge >= 0.3 is 0 Å². The fourth-order valence-corrected chi connectivity index (χ4v) is 2.45. The minimum atomic E-state index is 0.136. The van der Waals surface area contributed by atoms with Crippen LogP contribution in [0, 0.1) is 5.41 Å². The largest absolute Gasteiger partial charge is 0.324 e. The van der Waals surface area contributed by atoms with Crippen molar-refractivity contribution in [1.29, 1.82) is 0 Å². The summed E-state index contributed by atoms with van der Waals surface area (Å²) in [5.74, 6) is 1.27. The Morgan fingerprint density at radius 1 is 1.33 bits per heavy atom. The number of rotatable bonds is 2. The van der Waals surface area contributed by atoms with E-state index in [0.29, 0.717) is 16.9 Å². The summed E-state index contributed by atoms with van der Waals surface area (Å²) in [6.07, 6.45) is 0. The van der Waals surface area contributed by atoms with Crippen LogP contribution in [0.15, 0.2) is 18.2 Å². The first-order valence-electron chi connectivity index (χ1n) is 6.07. The molecule has 4 heteroatoms. The van der Waals surface area contributed by atoms with Crippen LogP contribution < -0.4 is 0 Å². The molecule has 0 aliphatic heterocycles. The number of halogens is 2. The van der Waals surface area contributed by atoms with Crippen molar-refractivity contribution < 1.29 is 0 Å². The molecule has 1 unspecified atom stereocenters. The third-order valence-electron chi connectivity index (χ3n) is 3.50. The van der Waals surface area contributed by atoms with E-state index in [9.17, 15) is 0 Å². The lowest BCUT2D eigenvalue weighted by Gasteiger charge is -2.30. The third kappa shape index (κ3) is 2.24. The van der Waals surface area contributed by atoms with Crippen molar-refractivity contribution in [2.24, 2.45) is 5.41 Å². The van der Waals surface area contributed by atoms with Crippen molar-refractivity contribution in [2.45, 2.75) is 39.6 Å². The first kappa shape index (κ1) is 13.7. The summed E-state index contributed by atoms with van der Waals surface area (Å²) >= 11 is 12.2. The number of para-hydroxylation sites is 1. The molecule has 0 radical (unpaired) electrons. The van der Waals surface area contributed by atoms with Crippen LogP contribution in [0.1, 0.15) is 39.6 Å². The van der Waals surface area contributed by atoms with Crippen molar-refractivity contribution in [2.75, 3.05) is 0 Å². The normalized spacial score (nSPS) is 14.1. The van der Waals surface area contributed by atoms with Gasteiger partial charge in [-0.3, -0.25) is 0 Å². The van der Waals surface area contributed by atoms with E-state index >= 15 is 0 Å². The van der Waals surface area contributed by atoms with Crippen LogP contribution in [0.25, 0.3) is 11.0 Å². The van der Waals surface area contributed by atoms with Gasteiger partial charge in [0, 0.05) is 6.04 Å². The van der Waals surface area contributed by atoms with Gasteiger partial charge in [0.05, 0.1) is 16.4 Å². The maximum Gasteiger partial charge on any atom is 0.125 e. The zero-order valence-electron chi connectivity index (χ0n) is 11.2. The standard InChI is InChI=1S/C14H18Cl2N2/c1-9(14(2,3)4)18-11-7-5-6-10(16)13(11)17-12(18)8-15/h5-7,9H,8H2,1-4H3. The highest BCUT2D eigenvalue weighted by atomic mass is 35.5. The van der Waals surface area contributed by atoms with Gasteiger partial charge in [-0.05, 0) is 24.5 Å². The molecule has 0 spiro atoms. The molecule has 0 amide bonds. The van der Waals surface area contributed by atoms with Crippen LogP contribution in [-0.2, 0) is 5.88 Å². The lowest BCUT2D eigenvalue weighted by atomic mass is 9.87. The number of benzene rings is 1. The second-order valence-corrected chi connectivity index (χ2v) is 6.36. The lowest BCUT2D eigenvalue weighted by Crippen LogP contribution is -2.22. The zero-order chi connectivity index (χ0) is 13.5. The summed E-state index contributed by atoms with van der Waals surface area (Å²) in [6, 6.07) is 6.17. The SMILES string of the molecule is CC(n1c(CCl)nc2c(Cl)cccc21)C(C)(C)C. The van der Waals surface area contributed by atoms with Crippen molar-refractivity contribution in [3.8, 4) is 0 Å². The van der Waals surface area contributed by atoms with Gasteiger partial charge in [-0.2, -0.15) is 0 Å². The number of nitrogens with zero attached hydrogens (tertiary/aromatic N) is 2. The highest BCUT2D eigenvalue weighted by molar-refractivity contribution is 6.35. The average Bonchev–Trinajstić information content (AvgIpc) is 2.66. The Hall–Kier alpha value is -0.730. The number of imidazole rings is 1. The molecule has 1 atom stereocenters. The van der Waals surface area contributed by atoms with Crippen molar-refractivity contribution in [3.05, 3.63) is 29.0 Å². The summed E-state index contributed by atoms with van der Waals surface area (Å²) in [5, 5.41) is 0.679. The lowest BCUT2D eigenvalue weighted by molar-refractivity contribution is 0.264. The summed E-state index contributed by atoms with van der Waals surface area (Å²) in [7, 11) is 0. The molecule has 0 saturated carbocycles. The molecule has 1 aromatic heterocycles. The molecule has 1 aromatic carbocycles. The molecule has 0 fully saturated rings. The predicted molar refractivity (Wildman–Crippen MR) is 78.5 cm³/mol. The van der Waals surface area contributed by atoms with Crippen molar-refractivity contribution in [3.63, 3.8) is 0 Å². The van der Waals surface area contributed by atoms with Crippen LogP contribution in [-0.4, -0.2) is 9.55 Å². The smallest absolute Gasteiger partial charge is 0.125 e. The molecule has 0 bridgehead atoms. The fraction of sp³-hybridized carbons (Fsp3) is 0.500. The van der Waals surface area contributed by atoms with Crippen LogP contribution in [0.4, 0.5) is 0 Å². The second-order valence-electron chi connectivity index (χ2n) is 5.68. The number of hydrogen-bond donors (Lipinski definition) is 0. The maximum absolute atomic E-state index is 6.20. The van der Waals surface area contributed by atoms with Gasteiger partial charge in [-0.25, -0.2) is 4.98 Å². The maximum atomic E-state index is 6.20. The van der Waals surface area contributed by atoms with E-state index in [2.05, 4.69) is 37.2 Å². The Kier molecular flexibility index (Phi) is 3.61. The summed E-state index contributed by atoms with van der Waals surface area (Å²) in [6.45, 7) is 8.84. The Balaban J connectivity index is 2.72. The fourth-order valence-electron chi connectivity index (χ4n) is 2.04. The highest BCUT2D eigenvalue weighted by Crippen LogP contribution is 2.35. The Morgan fingerprint density at radius 3 is 2.56 bits per heavy atom. The molecule has 2 rings (SSSR count). The Morgan fingerprint density at radius 2 is 2.00 bits per heavy atom. The van der Waals surface area contributed by atoms with E-state index < -0.39 is 0 Å². The second kappa shape index (κ2) is 4.75. The third-order valence-corrected chi connectivity index (χ3v) is 4.05. The van der Waals surface area contributed by atoms with Gasteiger partial charge in [-0.15, -0.1) is 11.6 Å². The molecular weight excluding hydrogens is 267 g/mol. The molecule has 0 saturated heterocycles. The Bertz CT molecular complexity index is 567. The molecular formula is C14H18Cl2N2. The minimum absolute atomic E-state index is 0.136. The molecule has 0 aliphatic rings. The first-order chi connectivity index (χ1) is 8.36. The predicted octanol–water partition coefficient (Wildman–Crippen LogP) is 5.04. The summed E-state index contributed by atoms with van der Waals surface area (Å²) in [5.41, 5.74) is 2.03.